The fourth-order valence-corrected chi connectivity index (χ4v) is 7.56. The van der Waals surface area contributed by atoms with E-state index in [1.54, 1.807) is 0 Å². The highest BCUT2D eigenvalue weighted by Crippen LogP contribution is 2.12. The summed E-state index contributed by atoms with van der Waals surface area (Å²) in [4.78, 5) is 38.2. The molecule has 6 heteroatoms. The average molecular weight is 1080 g/mol. The number of unbranched alkanes of at least 4 members (excludes halogenated alkanes) is 10. The maximum atomic E-state index is 12.9. The molecule has 0 rings (SSSR count). The summed E-state index contributed by atoms with van der Waals surface area (Å²) in [6, 6.07) is 0. The van der Waals surface area contributed by atoms with Gasteiger partial charge in [-0.15, -0.1) is 0 Å². The monoisotopic (exact) mass is 1080 g/mol. The lowest BCUT2D eigenvalue weighted by molar-refractivity contribution is -0.167. The van der Waals surface area contributed by atoms with Gasteiger partial charge in [0.05, 0.1) is 0 Å². The van der Waals surface area contributed by atoms with Crippen molar-refractivity contribution in [3.63, 3.8) is 0 Å². The molecule has 0 N–H and O–H groups in total. The van der Waals surface area contributed by atoms with Crippen molar-refractivity contribution in [2.24, 2.45) is 0 Å². The molecule has 0 aliphatic heterocycles. The van der Waals surface area contributed by atoms with E-state index in [1.807, 2.05) is 0 Å². The van der Waals surface area contributed by atoms with Crippen molar-refractivity contribution in [1.29, 1.82) is 0 Å². The smallest absolute Gasteiger partial charge is 0.306 e. The van der Waals surface area contributed by atoms with Gasteiger partial charge in [0.15, 0.2) is 6.10 Å². The van der Waals surface area contributed by atoms with Crippen molar-refractivity contribution < 1.29 is 28.6 Å². The van der Waals surface area contributed by atoms with Crippen LogP contribution >= 0.6 is 0 Å². The summed E-state index contributed by atoms with van der Waals surface area (Å²) >= 11 is 0. The van der Waals surface area contributed by atoms with Crippen LogP contribution in [0.5, 0.6) is 0 Å². The highest BCUT2D eigenvalue weighted by molar-refractivity contribution is 5.71. The van der Waals surface area contributed by atoms with Crippen molar-refractivity contribution in [1.82, 2.24) is 0 Å². The Hall–Kier alpha value is -5.75. The largest absolute Gasteiger partial charge is 0.462 e. The van der Waals surface area contributed by atoms with Gasteiger partial charge in [-0.3, -0.25) is 14.4 Å². The lowest BCUT2D eigenvalue weighted by Crippen LogP contribution is -2.30. The first-order valence-corrected chi connectivity index (χ1v) is 30.9. The predicted molar refractivity (Wildman–Crippen MR) is 343 cm³/mol. The Morgan fingerprint density at radius 1 is 0.253 bits per heavy atom. The molecule has 0 aromatic carbocycles. The van der Waals surface area contributed by atoms with Gasteiger partial charge in [0.1, 0.15) is 13.2 Å². The molecule has 6 nitrogen and oxygen atoms in total. The molecule has 0 saturated carbocycles. The third-order valence-corrected chi connectivity index (χ3v) is 12.1. The van der Waals surface area contributed by atoms with Gasteiger partial charge in [-0.1, -0.05) is 241 Å². The number of esters is 3. The molecule has 1 atom stereocenters. The lowest BCUT2D eigenvalue weighted by atomic mass is 10.1. The number of carbonyl (C=O) groups excluding carboxylic acids is 3. The Balaban J connectivity index is 4.48. The molecule has 438 valence electrons. The molecule has 0 saturated heterocycles. The van der Waals surface area contributed by atoms with E-state index in [4.69, 9.17) is 14.2 Å². The molecule has 0 spiro atoms. The second-order valence-corrected chi connectivity index (χ2v) is 19.5. The van der Waals surface area contributed by atoms with Crippen LogP contribution in [0.1, 0.15) is 226 Å². The minimum Gasteiger partial charge on any atom is -0.462 e. The van der Waals surface area contributed by atoms with E-state index in [2.05, 4.69) is 215 Å². The van der Waals surface area contributed by atoms with E-state index < -0.39 is 6.10 Å². The van der Waals surface area contributed by atoms with Crippen molar-refractivity contribution >= 4 is 17.9 Å². The maximum absolute atomic E-state index is 12.9. The zero-order valence-corrected chi connectivity index (χ0v) is 50.0. The number of hydrogen-bond acceptors (Lipinski definition) is 6. The van der Waals surface area contributed by atoms with Crippen molar-refractivity contribution in [3.8, 4) is 0 Å². The number of rotatable bonds is 53. The van der Waals surface area contributed by atoms with Gasteiger partial charge >= 0.3 is 17.9 Å². The predicted octanol–water partition coefficient (Wildman–Crippen LogP) is 21.4. The van der Waals surface area contributed by atoms with Gasteiger partial charge in [-0.25, -0.2) is 0 Å². The van der Waals surface area contributed by atoms with E-state index in [1.165, 1.54) is 0 Å². The highest BCUT2D eigenvalue weighted by atomic mass is 16.6. The lowest BCUT2D eigenvalue weighted by Gasteiger charge is -2.18. The Bertz CT molecular complexity index is 1920. The van der Waals surface area contributed by atoms with Crippen LogP contribution < -0.4 is 0 Å². The van der Waals surface area contributed by atoms with Crippen LogP contribution in [0.4, 0.5) is 0 Å². The van der Waals surface area contributed by atoms with Gasteiger partial charge in [0, 0.05) is 19.3 Å². The molecule has 0 fully saturated rings. The topological polar surface area (TPSA) is 78.9 Å². The molecule has 0 heterocycles. The first-order chi connectivity index (χ1) is 39.0. The van der Waals surface area contributed by atoms with Gasteiger partial charge in [-0.05, 0) is 161 Å². The zero-order chi connectivity index (χ0) is 57.1. The van der Waals surface area contributed by atoms with Gasteiger partial charge in [0.25, 0.3) is 0 Å². The van der Waals surface area contributed by atoms with Crippen LogP contribution in [0.25, 0.3) is 0 Å². The van der Waals surface area contributed by atoms with Crippen LogP contribution in [0.2, 0.25) is 0 Å². The van der Waals surface area contributed by atoms with Crippen LogP contribution in [-0.4, -0.2) is 37.2 Å². The van der Waals surface area contributed by atoms with E-state index >= 15 is 0 Å². The molecule has 0 aliphatic carbocycles. The third-order valence-electron chi connectivity index (χ3n) is 12.1. The summed E-state index contributed by atoms with van der Waals surface area (Å²) in [5, 5.41) is 0. The quantitative estimate of drug-likeness (QED) is 0.0261. The molecule has 0 amide bonds. The van der Waals surface area contributed by atoms with Gasteiger partial charge in [-0.2, -0.15) is 0 Å². The normalized spacial score (nSPS) is 13.5. The Kier molecular flexibility index (Phi) is 60.1. The SMILES string of the molecule is CC/C=C\C/C=C\C/C=C\C/C=C\C/C=C\C/C=C\C/C=C\C/C=C\C/C=C\CCCCCC(=O)OCC(COC(=O)CCCCCCC/C=C\C/C=C\C/C=C\CC)OC(=O)CCCC/C=C\C/C=C\C/C=C\C/C=C\CC. The first-order valence-electron chi connectivity index (χ1n) is 30.9. The third kappa shape index (κ3) is 63.0. The van der Waals surface area contributed by atoms with Crippen LogP contribution in [0.3, 0.4) is 0 Å². The van der Waals surface area contributed by atoms with Crippen molar-refractivity contribution in [3.05, 3.63) is 194 Å². The molecular weight excluding hydrogens is 973 g/mol. The fraction of sp³-hybridized carbons (Fsp3) is 0.521. The van der Waals surface area contributed by atoms with E-state index in [-0.39, 0.29) is 37.5 Å². The summed E-state index contributed by atoms with van der Waals surface area (Å²) in [5.41, 5.74) is 0. The number of allylic oxidation sites excluding steroid dienone is 32. The summed E-state index contributed by atoms with van der Waals surface area (Å²) in [6.45, 7) is 6.20. The molecule has 79 heavy (non-hydrogen) atoms. The summed E-state index contributed by atoms with van der Waals surface area (Å²) in [5.74, 6) is -1.03. The Morgan fingerprint density at radius 3 is 0.747 bits per heavy atom. The van der Waals surface area contributed by atoms with Crippen molar-refractivity contribution in [2.75, 3.05) is 13.2 Å². The second kappa shape index (κ2) is 64.8. The molecule has 0 bridgehead atoms. The number of carbonyl (C=O) groups is 3. The van der Waals surface area contributed by atoms with Crippen LogP contribution in [0, 0.1) is 0 Å². The highest BCUT2D eigenvalue weighted by Gasteiger charge is 2.19. The number of ether oxygens (including phenoxy) is 3. The molecule has 0 radical (unpaired) electrons. The fourth-order valence-electron chi connectivity index (χ4n) is 7.56. The number of hydrogen-bond donors (Lipinski definition) is 0. The minimum atomic E-state index is -0.834. The van der Waals surface area contributed by atoms with E-state index in [9.17, 15) is 14.4 Å². The maximum Gasteiger partial charge on any atom is 0.306 e. The zero-order valence-electron chi connectivity index (χ0n) is 50.0. The first kappa shape index (κ1) is 73.2. The van der Waals surface area contributed by atoms with Crippen LogP contribution in [0.15, 0.2) is 194 Å². The summed E-state index contributed by atoms with van der Waals surface area (Å²) in [6.07, 6.45) is 98.6. The van der Waals surface area contributed by atoms with Crippen LogP contribution in [-0.2, 0) is 28.6 Å². The molecule has 0 aromatic rings. The van der Waals surface area contributed by atoms with E-state index in [0.717, 1.165) is 180 Å². The molecule has 0 aromatic heterocycles. The Labute approximate surface area is 484 Å². The van der Waals surface area contributed by atoms with Gasteiger partial charge in [0.2, 0.25) is 0 Å². The minimum absolute atomic E-state index is 0.125. The average Bonchev–Trinajstić information content (AvgIpc) is 3.45. The molecule has 1 unspecified atom stereocenters. The summed E-state index contributed by atoms with van der Waals surface area (Å²) < 4.78 is 16.8. The summed E-state index contributed by atoms with van der Waals surface area (Å²) in [7, 11) is 0. The molecular formula is C73H110O6. The molecule has 0 aliphatic rings. The van der Waals surface area contributed by atoms with E-state index in [0.29, 0.717) is 19.3 Å². The standard InChI is InChI=1S/C73H110O6/c1-4-7-10-13-16-19-22-25-28-29-30-31-32-33-34-35-36-37-38-39-40-41-42-43-46-48-51-54-57-60-63-66-72(75)78-69-70(79-73(76)67-64-61-58-55-52-49-45-27-24-21-18-15-12-9-6-3)68-77-71(74)65-62-59-56-53-50-47-44-26-23-20-17-14-11-8-5-2/h7-12,16-21,25-28,30-31,33-34,36-37,39-40,42-45,48,51-52,55,70H,4-6,13-15,22-24,29,32,35,38,41,46-47,49-50,53-54,56-69H2,1-3H3/b10-7-,11-8-,12-9-,19-16-,20-17-,21-18-,28-25-,31-30-,34-33-,37-36-,40-39-,43-42-,44-26-,45-27-,51-48-,55-52-. The Morgan fingerprint density at radius 2 is 0.456 bits per heavy atom. The van der Waals surface area contributed by atoms with Crippen molar-refractivity contribution in [2.45, 2.75) is 232 Å². The second-order valence-electron chi connectivity index (χ2n) is 19.5. The van der Waals surface area contributed by atoms with Gasteiger partial charge < -0.3 is 14.2 Å².